The predicted molar refractivity (Wildman–Crippen MR) is 109 cm³/mol. The molecule has 6 nitrogen and oxygen atoms in total. The molecule has 4 rings (SSSR count). The largest absolute Gasteiger partial charge is 0.334 e. The van der Waals surface area contributed by atoms with E-state index in [1.54, 1.807) is 48.5 Å². The highest BCUT2D eigenvalue weighted by molar-refractivity contribution is 7.12. The maximum absolute atomic E-state index is 13.2. The van der Waals surface area contributed by atoms with Gasteiger partial charge in [0.1, 0.15) is 0 Å². The number of rotatable bonds is 3. The summed E-state index contributed by atoms with van der Waals surface area (Å²) in [4.78, 5) is 44.0. The molecule has 0 fully saturated rings. The Balaban J connectivity index is 1.61. The van der Waals surface area contributed by atoms with Gasteiger partial charge in [0.05, 0.1) is 16.1 Å². The van der Waals surface area contributed by atoms with Gasteiger partial charge in [-0.25, -0.2) is 0 Å². The number of amides is 2. The van der Waals surface area contributed by atoms with Crippen molar-refractivity contribution >= 4 is 28.8 Å². The van der Waals surface area contributed by atoms with Crippen LogP contribution in [0.2, 0.25) is 0 Å². The average molecular weight is 393 g/mol. The van der Waals surface area contributed by atoms with Gasteiger partial charge in [0, 0.05) is 32.4 Å². The van der Waals surface area contributed by atoms with Crippen LogP contribution in [-0.4, -0.2) is 35.3 Å². The Morgan fingerprint density at radius 2 is 1.96 bits per heavy atom. The summed E-state index contributed by atoms with van der Waals surface area (Å²) in [6.45, 7) is 0.966. The van der Waals surface area contributed by atoms with E-state index in [0.29, 0.717) is 35.6 Å². The van der Waals surface area contributed by atoms with Gasteiger partial charge >= 0.3 is 0 Å². The summed E-state index contributed by atoms with van der Waals surface area (Å²) in [5.41, 5.74) is 2.87. The Labute approximate surface area is 166 Å². The Bertz CT molecular complexity index is 1090. The number of carbonyl (C=O) groups excluding carboxylic acids is 2. The third-order valence-corrected chi connectivity index (χ3v) is 5.80. The number of carbonyl (C=O) groups is 2. The molecule has 0 radical (unpaired) electrons. The lowest BCUT2D eigenvalue weighted by molar-refractivity contribution is 0.0735. The molecule has 1 N–H and O–H groups in total. The Kier molecular flexibility index (Phi) is 4.83. The van der Waals surface area contributed by atoms with Crippen LogP contribution in [0.25, 0.3) is 0 Å². The quantitative estimate of drug-likeness (QED) is 0.744. The number of benzene rings is 1. The fourth-order valence-corrected chi connectivity index (χ4v) is 4.13. The third kappa shape index (κ3) is 3.36. The number of aromatic amines is 1. The van der Waals surface area contributed by atoms with E-state index in [1.165, 1.54) is 16.2 Å². The van der Waals surface area contributed by atoms with E-state index in [2.05, 4.69) is 4.98 Å². The lowest BCUT2D eigenvalue weighted by Gasteiger charge is -2.30. The van der Waals surface area contributed by atoms with Gasteiger partial charge < -0.3 is 14.8 Å². The van der Waals surface area contributed by atoms with E-state index in [0.717, 1.165) is 11.1 Å². The van der Waals surface area contributed by atoms with Crippen molar-refractivity contribution < 1.29 is 9.59 Å². The number of anilines is 1. The molecule has 1 aromatic carbocycles. The van der Waals surface area contributed by atoms with Crippen LogP contribution in [0, 0.1) is 0 Å². The molecule has 7 heteroatoms. The standard InChI is InChI=1S/C21H19N3O3S/c1-23(21(27)18-7-4-10-28-18)17-6-3-2-5-16(17)20(26)24-9-8-14-11-19(25)22-12-15(14)13-24/h2-7,10-12H,8-9,13H2,1H3,(H,22,25). The van der Waals surface area contributed by atoms with Crippen LogP contribution in [0.1, 0.15) is 31.2 Å². The molecule has 0 saturated carbocycles. The van der Waals surface area contributed by atoms with Gasteiger partial charge in [-0.3, -0.25) is 14.4 Å². The summed E-state index contributed by atoms with van der Waals surface area (Å²) in [6, 6.07) is 12.4. The molecule has 142 valence electrons. The van der Waals surface area contributed by atoms with E-state index in [-0.39, 0.29) is 17.4 Å². The first-order chi connectivity index (χ1) is 13.5. The topological polar surface area (TPSA) is 73.5 Å². The first kappa shape index (κ1) is 18.2. The highest BCUT2D eigenvalue weighted by atomic mass is 32.1. The summed E-state index contributed by atoms with van der Waals surface area (Å²) < 4.78 is 0. The zero-order valence-corrected chi connectivity index (χ0v) is 16.2. The smallest absolute Gasteiger partial charge is 0.268 e. The minimum Gasteiger partial charge on any atom is -0.334 e. The second-order valence-electron chi connectivity index (χ2n) is 6.68. The summed E-state index contributed by atoms with van der Waals surface area (Å²) in [5, 5.41) is 1.85. The van der Waals surface area contributed by atoms with Crippen molar-refractivity contribution in [2.75, 3.05) is 18.5 Å². The molecule has 0 bridgehead atoms. The van der Waals surface area contributed by atoms with Gasteiger partial charge in [0.15, 0.2) is 0 Å². The molecule has 3 heterocycles. The second kappa shape index (κ2) is 7.44. The number of aromatic nitrogens is 1. The van der Waals surface area contributed by atoms with Crippen LogP contribution in [-0.2, 0) is 13.0 Å². The zero-order chi connectivity index (χ0) is 19.7. The highest BCUT2D eigenvalue weighted by Crippen LogP contribution is 2.26. The van der Waals surface area contributed by atoms with E-state index in [9.17, 15) is 14.4 Å². The normalized spacial score (nSPS) is 13.1. The number of fused-ring (bicyclic) bond motifs is 1. The van der Waals surface area contributed by atoms with Gasteiger partial charge in [-0.15, -0.1) is 11.3 Å². The SMILES string of the molecule is CN(C(=O)c1cccs1)c1ccccc1C(=O)N1CCc2cc(=O)[nH]cc2C1. The number of pyridine rings is 1. The van der Waals surface area contributed by atoms with E-state index < -0.39 is 0 Å². The summed E-state index contributed by atoms with van der Waals surface area (Å²) >= 11 is 1.37. The summed E-state index contributed by atoms with van der Waals surface area (Å²) in [6.07, 6.45) is 2.31. The van der Waals surface area contributed by atoms with E-state index in [4.69, 9.17) is 0 Å². The fraction of sp³-hybridized carbons (Fsp3) is 0.190. The van der Waals surface area contributed by atoms with E-state index >= 15 is 0 Å². The zero-order valence-electron chi connectivity index (χ0n) is 15.3. The average Bonchev–Trinajstić information content (AvgIpc) is 3.26. The first-order valence-corrected chi connectivity index (χ1v) is 9.83. The molecule has 3 aromatic rings. The Hall–Kier alpha value is -3.19. The Morgan fingerprint density at radius 3 is 2.75 bits per heavy atom. The minimum atomic E-state index is -0.142. The van der Waals surface area contributed by atoms with Crippen molar-refractivity contribution in [3.05, 3.63) is 86.0 Å². The molecule has 2 amide bonds. The summed E-state index contributed by atoms with van der Waals surface area (Å²) in [5.74, 6) is -0.268. The van der Waals surface area contributed by atoms with Crippen molar-refractivity contribution in [2.24, 2.45) is 0 Å². The third-order valence-electron chi connectivity index (χ3n) is 4.94. The van der Waals surface area contributed by atoms with Crippen LogP contribution in [0.5, 0.6) is 0 Å². The molecule has 0 aliphatic carbocycles. The van der Waals surface area contributed by atoms with Crippen LogP contribution in [0.4, 0.5) is 5.69 Å². The molecule has 28 heavy (non-hydrogen) atoms. The van der Waals surface area contributed by atoms with Gasteiger partial charge in [0.25, 0.3) is 11.8 Å². The van der Waals surface area contributed by atoms with Crippen molar-refractivity contribution in [1.29, 1.82) is 0 Å². The van der Waals surface area contributed by atoms with Crippen molar-refractivity contribution in [3.8, 4) is 0 Å². The van der Waals surface area contributed by atoms with Crippen molar-refractivity contribution in [3.63, 3.8) is 0 Å². The lowest BCUT2D eigenvalue weighted by Crippen LogP contribution is -2.38. The van der Waals surface area contributed by atoms with Gasteiger partial charge in [0.2, 0.25) is 5.56 Å². The van der Waals surface area contributed by atoms with Crippen LogP contribution in [0.3, 0.4) is 0 Å². The molecular weight excluding hydrogens is 374 g/mol. The highest BCUT2D eigenvalue weighted by Gasteiger charge is 2.26. The maximum atomic E-state index is 13.2. The number of para-hydroxylation sites is 1. The fourth-order valence-electron chi connectivity index (χ4n) is 3.43. The molecule has 1 aliphatic rings. The number of thiophene rings is 1. The lowest BCUT2D eigenvalue weighted by atomic mass is 10.0. The molecule has 1 aliphatic heterocycles. The number of nitrogens with one attached hydrogen (secondary N) is 1. The number of H-pyrrole nitrogens is 1. The second-order valence-corrected chi connectivity index (χ2v) is 7.63. The molecular formula is C21H19N3O3S. The van der Waals surface area contributed by atoms with Crippen LogP contribution < -0.4 is 10.5 Å². The minimum absolute atomic E-state index is 0.127. The predicted octanol–water partition coefficient (Wildman–Crippen LogP) is 2.91. The van der Waals surface area contributed by atoms with Crippen molar-refractivity contribution in [2.45, 2.75) is 13.0 Å². The van der Waals surface area contributed by atoms with Crippen LogP contribution >= 0.6 is 11.3 Å². The van der Waals surface area contributed by atoms with Gasteiger partial charge in [-0.1, -0.05) is 18.2 Å². The number of hydrogen-bond donors (Lipinski definition) is 1. The monoisotopic (exact) mass is 393 g/mol. The Morgan fingerprint density at radius 1 is 1.14 bits per heavy atom. The molecule has 0 atom stereocenters. The summed E-state index contributed by atoms with van der Waals surface area (Å²) in [7, 11) is 1.68. The molecule has 0 saturated heterocycles. The molecule has 2 aromatic heterocycles. The first-order valence-electron chi connectivity index (χ1n) is 8.95. The number of hydrogen-bond acceptors (Lipinski definition) is 4. The molecule has 0 spiro atoms. The number of nitrogens with zero attached hydrogens (tertiary/aromatic N) is 2. The van der Waals surface area contributed by atoms with E-state index in [1.807, 2.05) is 17.5 Å². The van der Waals surface area contributed by atoms with Crippen molar-refractivity contribution in [1.82, 2.24) is 9.88 Å². The van der Waals surface area contributed by atoms with Crippen LogP contribution in [0.15, 0.2) is 58.8 Å². The van der Waals surface area contributed by atoms with Gasteiger partial charge in [-0.05, 0) is 41.1 Å². The molecule has 0 unspecified atom stereocenters. The maximum Gasteiger partial charge on any atom is 0.268 e. The van der Waals surface area contributed by atoms with Gasteiger partial charge in [-0.2, -0.15) is 0 Å².